The van der Waals surface area contributed by atoms with Crippen molar-refractivity contribution in [3.8, 4) is 5.69 Å². The van der Waals surface area contributed by atoms with Crippen LogP contribution in [0.15, 0.2) is 60.8 Å². The van der Waals surface area contributed by atoms with Crippen molar-refractivity contribution in [1.29, 1.82) is 0 Å². The number of benzene rings is 2. The third-order valence-corrected chi connectivity index (χ3v) is 6.02. The van der Waals surface area contributed by atoms with E-state index in [1.165, 1.54) is 11.1 Å². The van der Waals surface area contributed by atoms with E-state index in [0.717, 1.165) is 23.7 Å². The summed E-state index contributed by atoms with van der Waals surface area (Å²) >= 11 is 1.82. The SMILES string of the molecule is Cc1ccc(C2SCCN2C(=O)c2cnn(-c3ccccc3)c2C)cc1. The number of hydrogen-bond acceptors (Lipinski definition) is 3. The Labute approximate surface area is 157 Å². The van der Waals surface area contributed by atoms with Gasteiger partial charge in [-0.3, -0.25) is 4.79 Å². The van der Waals surface area contributed by atoms with Gasteiger partial charge in [-0.05, 0) is 31.5 Å². The first-order valence-corrected chi connectivity index (χ1v) is 9.79. The Morgan fingerprint density at radius 3 is 2.54 bits per heavy atom. The van der Waals surface area contributed by atoms with Crippen molar-refractivity contribution in [2.75, 3.05) is 12.3 Å². The molecular formula is C21H21N3OS. The first-order chi connectivity index (χ1) is 12.6. The molecule has 0 spiro atoms. The van der Waals surface area contributed by atoms with E-state index in [1.54, 1.807) is 6.20 Å². The summed E-state index contributed by atoms with van der Waals surface area (Å²) in [6, 6.07) is 18.4. The molecule has 132 valence electrons. The van der Waals surface area contributed by atoms with Crippen molar-refractivity contribution >= 4 is 17.7 Å². The zero-order valence-electron chi connectivity index (χ0n) is 14.9. The van der Waals surface area contributed by atoms with Crippen LogP contribution < -0.4 is 0 Å². The molecule has 2 aromatic carbocycles. The quantitative estimate of drug-likeness (QED) is 0.693. The van der Waals surface area contributed by atoms with Gasteiger partial charge >= 0.3 is 0 Å². The van der Waals surface area contributed by atoms with Crippen molar-refractivity contribution in [2.24, 2.45) is 0 Å². The van der Waals surface area contributed by atoms with Gasteiger partial charge in [0.2, 0.25) is 0 Å². The van der Waals surface area contributed by atoms with Crippen molar-refractivity contribution in [3.63, 3.8) is 0 Å². The van der Waals surface area contributed by atoms with E-state index in [1.807, 2.05) is 58.6 Å². The highest BCUT2D eigenvalue weighted by Crippen LogP contribution is 2.39. The maximum atomic E-state index is 13.2. The van der Waals surface area contributed by atoms with Gasteiger partial charge in [0.25, 0.3) is 5.91 Å². The average molecular weight is 363 g/mol. The molecule has 0 aliphatic carbocycles. The van der Waals surface area contributed by atoms with Gasteiger partial charge in [-0.15, -0.1) is 11.8 Å². The molecule has 1 unspecified atom stereocenters. The summed E-state index contributed by atoms with van der Waals surface area (Å²) < 4.78 is 1.83. The predicted octanol–water partition coefficient (Wildman–Crippen LogP) is 4.38. The number of amides is 1. The molecule has 1 fully saturated rings. The number of aryl methyl sites for hydroxylation is 1. The lowest BCUT2D eigenvalue weighted by atomic mass is 10.1. The fourth-order valence-electron chi connectivity index (χ4n) is 3.29. The van der Waals surface area contributed by atoms with E-state index in [2.05, 4.69) is 36.3 Å². The molecular weight excluding hydrogens is 342 g/mol. The molecule has 0 saturated carbocycles. The van der Waals surface area contributed by atoms with Crippen molar-refractivity contribution in [1.82, 2.24) is 14.7 Å². The van der Waals surface area contributed by atoms with Crippen LogP contribution >= 0.6 is 11.8 Å². The smallest absolute Gasteiger partial charge is 0.258 e. The number of hydrogen-bond donors (Lipinski definition) is 0. The zero-order valence-corrected chi connectivity index (χ0v) is 15.7. The molecule has 5 heteroatoms. The van der Waals surface area contributed by atoms with Gasteiger partial charge in [-0.1, -0.05) is 48.0 Å². The lowest BCUT2D eigenvalue weighted by Crippen LogP contribution is -2.30. The highest BCUT2D eigenvalue weighted by Gasteiger charge is 2.32. The molecule has 0 N–H and O–H groups in total. The second-order valence-corrected chi connectivity index (χ2v) is 7.71. The van der Waals surface area contributed by atoms with Crippen molar-refractivity contribution < 1.29 is 4.79 Å². The zero-order chi connectivity index (χ0) is 18.1. The summed E-state index contributed by atoms with van der Waals surface area (Å²) in [5, 5.41) is 4.52. The summed E-state index contributed by atoms with van der Waals surface area (Å²) in [7, 11) is 0. The topological polar surface area (TPSA) is 38.1 Å². The number of para-hydroxylation sites is 1. The number of nitrogens with zero attached hydrogens (tertiary/aromatic N) is 3. The molecule has 0 bridgehead atoms. The lowest BCUT2D eigenvalue weighted by Gasteiger charge is -2.24. The van der Waals surface area contributed by atoms with E-state index >= 15 is 0 Å². The second kappa shape index (κ2) is 7.00. The first-order valence-electron chi connectivity index (χ1n) is 8.74. The molecule has 1 atom stereocenters. The highest BCUT2D eigenvalue weighted by atomic mass is 32.2. The summed E-state index contributed by atoms with van der Waals surface area (Å²) in [5.74, 6) is 1.01. The Balaban J connectivity index is 1.63. The molecule has 1 aromatic heterocycles. The second-order valence-electron chi connectivity index (χ2n) is 6.52. The van der Waals surface area contributed by atoms with E-state index < -0.39 is 0 Å². The number of thioether (sulfide) groups is 1. The van der Waals surface area contributed by atoms with Gasteiger partial charge < -0.3 is 4.90 Å². The van der Waals surface area contributed by atoms with Gasteiger partial charge in [0.15, 0.2) is 0 Å². The first kappa shape index (κ1) is 16.9. The Kier molecular flexibility index (Phi) is 4.55. The molecule has 0 radical (unpaired) electrons. The Bertz CT molecular complexity index is 918. The van der Waals surface area contributed by atoms with Crippen molar-refractivity contribution in [3.05, 3.63) is 83.2 Å². The molecule has 26 heavy (non-hydrogen) atoms. The summed E-state index contributed by atoms with van der Waals surface area (Å²) in [5.41, 5.74) is 4.93. The minimum atomic E-state index is 0.0558. The summed E-state index contributed by atoms with van der Waals surface area (Å²) in [4.78, 5) is 15.2. The lowest BCUT2D eigenvalue weighted by molar-refractivity contribution is 0.0759. The molecule has 1 aliphatic heterocycles. The van der Waals surface area contributed by atoms with Crippen LogP contribution in [0.5, 0.6) is 0 Å². The molecule has 1 aliphatic rings. The Morgan fingerprint density at radius 2 is 1.81 bits per heavy atom. The molecule has 1 saturated heterocycles. The van der Waals surface area contributed by atoms with Gasteiger partial charge in [0.05, 0.1) is 23.1 Å². The minimum Gasteiger partial charge on any atom is -0.322 e. The largest absolute Gasteiger partial charge is 0.322 e. The number of aromatic nitrogens is 2. The van der Waals surface area contributed by atoms with Crippen LogP contribution in [-0.2, 0) is 0 Å². The van der Waals surface area contributed by atoms with Crippen molar-refractivity contribution in [2.45, 2.75) is 19.2 Å². The van der Waals surface area contributed by atoms with Gasteiger partial charge in [-0.2, -0.15) is 5.10 Å². The van der Waals surface area contributed by atoms with Crippen LogP contribution in [0, 0.1) is 13.8 Å². The van der Waals surface area contributed by atoms with Crippen LogP contribution in [0.25, 0.3) is 5.69 Å². The van der Waals surface area contributed by atoms with Gasteiger partial charge in [0, 0.05) is 12.3 Å². The normalized spacial score (nSPS) is 16.8. The van der Waals surface area contributed by atoms with Crippen LogP contribution in [0.1, 0.15) is 32.6 Å². The molecule has 3 aromatic rings. The Morgan fingerprint density at radius 1 is 1.08 bits per heavy atom. The van der Waals surface area contributed by atoms with Gasteiger partial charge in [0.1, 0.15) is 5.37 Å². The highest BCUT2D eigenvalue weighted by molar-refractivity contribution is 7.99. The van der Waals surface area contributed by atoms with Crippen LogP contribution in [0.2, 0.25) is 0 Å². The van der Waals surface area contributed by atoms with E-state index in [-0.39, 0.29) is 11.3 Å². The fraction of sp³-hybridized carbons (Fsp3) is 0.238. The van der Waals surface area contributed by atoms with Crippen LogP contribution in [0.3, 0.4) is 0 Å². The number of carbonyl (C=O) groups excluding carboxylic acids is 1. The third-order valence-electron chi connectivity index (χ3n) is 4.76. The van der Waals surface area contributed by atoms with Gasteiger partial charge in [-0.25, -0.2) is 4.68 Å². The predicted molar refractivity (Wildman–Crippen MR) is 106 cm³/mol. The Hall–Kier alpha value is -2.53. The maximum absolute atomic E-state index is 13.2. The number of rotatable bonds is 3. The maximum Gasteiger partial charge on any atom is 0.258 e. The fourth-order valence-corrected chi connectivity index (χ4v) is 4.55. The van der Waals surface area contributed by atoms with Crippen LogP contribution in [-0.4, -0.2) is 32.9 Å². The third kappa shape index (κ3) is 3.03. The van der Waals surface area contributed by atoms with Crippen LogP contribution in [0.4, 0.5) is 0 Å². The average Bonchev–Trinajstić information content (AvgIpc) is 3.29. The summed E-state index contributed by atoms with van der Waals surface area (Å²) in [6.45, 7) is 4.80. The molecule has 1 amide bonds. The molecule has 4 rings (SSSR count). The monoisotopic (exact) mass is 363 g/mol. The van der Waals surface area contributed by atoms with E-state index in [4.69, 9.17) is 0 Å². The molecule has 4 nitrogen and oxygen atoms in total. The standard InChI is InChI=1S/C21H21N3OS/c1-15-8-10-17(11-9-15)21-23(12-13-26-21)20(25)19-14-22-24(16(19)2)18-6-4-3-5-7-18/h3-11,14,21H,12-13H2,1-2H3. The van der Waals surface area contributed by atoms with E-state index in [0.29, 0.717) is 5.56 Å². The minimum absolute atomic E-state index is 0.0558. The summed E-state index contributed by atoms with van der Waals surface area (Å²) in [6.07, 6.45) is 1.69. The number of carbonyl (C=O) groups is 1. The van der Waals surface area contributed by atoms with E-state index in [9.17, 15) is 4.79 Å². The molecule has 2 heterocycles.